The zero-order chi connectivity index (χ0) is 13.3. The zero-order valence-electron chi connectivity index (χ0n) is 11.8. The van der Waals surface area contributed by atoms with Crippen molar-refractivity contribution in [2.24, 2.45) is 0 Å². The van der Waals surface area contributed by atoms with Gasteiger partial charge in [-0.05, 0) is 51.5 Å². The minimum atomic E-state index is 0.280. The van der Waals surface area contributed by atoms with Gasteiger partial charge < -0.3 is 4.90 Å². The summed E-state index contributed by atoms with van der Waals surface area (Å²) >= 11 is 6.08. The van der Waals surface area contributed by atoms with Crippen LogP contribution in [0.3, 0.4) is 0 Å². The van der Waals surface area contributed by atoms with E-state index in [1.807, 2.05) is 6.07 Å². The van der Waals surface area contributed by atoms with E-state index < -0.39 is 0 Å². The summed E-state index contributed by atoms with van der Waals surface area (Å²) in [6, 6.07) is 6.32. The molecule has 0 amide bonds. The van der Waals surface area contributed by atoms with Gasteiger partial charge in [-0.3, -0.25) is 4.90 Å². The second-order valence-electron chi connectivity index (χ2n) is 6.08. The number of hydrogen-bond acceptors (Lipinski definition) is 2. The average molecular weight is 267 g/mol. The first-order valence-electron chi connectivity index (χ1n) is 6.64. The SMILES string of the molecule is Cc1cc(N2CCN(C(C)(C)C)CC2)ccc1Cl. The van der Waals surface area contributed by atoms with Crippen molar-refractivity contribution in [1.29, 1.82) is 0 Å². The van der Waals surface area contributed by atoms with Crippen molar-refractivity contribution in [3.8, 4) is 0 Å². The lowest BCUT2D eigenvalue weighted by Gasteiger charge is -2.43. The van der Waals surface area contributed by atoms with Crippen molar-refractivity contribution in [2.45, 2.75) is 33.2 Å². The molecule has 1 saturated heterocycles. The lowest BCUT2D eigenvalue weighted by atomic mass is 10.0. The van der Waals surface area contributed by atoms with E-state index in [0.29, 0.717) is 0 Å². The summed E-state index contributed by atoms with van der Waals surface area (Å²) in [6.45, 7) is 13.4. The second-order valence-corrected chi connectivity index (χ2v) is 6.49. The number of anilines is 1. The van der Waals surface area contributed by atoms with E-state index >= 15 is 0 Å². The molecule has 0 saturated carbocycles. The number of piperazine rings is 1. The Bertz CT molecular complexity index is 415. The van der Waals surface area contributed by atoms with Crippen LogP contribution in [-0.2, 0) is 0 Å². The Hall–Kier alpha value is -0.730. The monoisotopic (exact) mass is 266 g/mol. The van der Waals surface area contributed by atoms with Gasteiger partial charge in [0.05, 0.1) is 0 Å². The molecule has 18 heavy (non-hydrogen) atoms. The summed E-state index contributed by atoms with van der Waals surface area (Å²) in [6.07, 6.45) is 0. The summed E-state index contributed by atoms with van der Waals surface area (Å²) in [7, 11) is 0. The minimum Gasteiger partial charge on any atom is -0.369 e. The molecule has 1 aromatic rings. The highest BCUT2D eigenvalue weighted by Gasteiger charge is 2.25. The summed E-state index contributed by atoms with van der Waals surface area (Å²) in [5, 5.41) is 0.854. The van der Waals surface area contributed by atoms with Crippen LogP contribution >= 0.6 is 11.6 Å². The van der Waals surface area contributed by atoms with E-state index in [2.05, 4.69) is 49.6 Å². The van der Waals surface area contributed by atoms with Crippen LogP contribution in [0.5, 0.6) is 0 Å². The van der Waals surface area contributed by atoms with Crippen molar-refractivity contribution in [3.63, 3.8) is 0 Å². The Morgan fingerprint density at radius 2 is 1.67 bits per heavy atom. The molecule has 1 heterocycles. The number of nitrogens with zero attached hydrogens (tertiary/aromatic N) is 2. The average Bonchev–Trinajstić information content (AvgIpc) is 2.32. The van der Waals surface area contributed by atoms with E-state index in [1.54, 1.807) is 0 Å². The van der Waals surface area contributed by atoms with Crippen molar-refractivity contribution >= 4 is 17.3 Å². The van der Waals surface area contributed by atoms with Crippen LogP contribution in [0.4, 0.5) is 5.69 Å². The van der Waals surface area contributed by atoms with Crippen molar-refractivity contribution in [2.75, 3.05) is 31.1 Å². The quantitative estimate of drug-likeness (QED) is 0.767. The Balaban J connectivity index is 2.03. The number of hydrogen-bond donors (Lipinski definition) is 0. The lowest BCUT2D eigenvalue weighted by Crippen LogP contribution is -2.53. The van der Waals surface area contributed by atoms with E-state index in [4.69, 9.17) is 11.6 Å². The topological polar surface area (TPSA) is 6.48 Å². The molecular formula is C15H23ClN2. The Morgan fingerprint density at radius 1 is 1.06 bits per heavy atom. The maximum Gasteiger partial charge on any atom is 0.0436 e. The Labute approximate surface area is 116 Å². The maximum absolute atomic E-state index is 6.08. The molecule has 1 aliphatic heterocycles. The molecule has 0 aliphatic carbocycles. The Morgan fingerprint density at radius 3 is 2.17 bits per heavy atom. The normalized spacial score (nSPS) is 18.2. The predicted octanol–water partition coefficient (Wildman–Crippen LogP) is 3.57. The van der Waals surface area contributed by atoms with Gasteiger partial charge in [-0.1, -0.05) is 11.6 Å². The van der Waals surface area contributed by atoms with Gasteiger partial charge in [-0.15, -0.1) is 0 Å². The van der Waals surface area contributed by atoms with Gasteiger partial charge in [-0.2, -0.15) is 0 Å². The molecule has 3 heteroatoms. The zero-order valence-corrected chi connectivity index (χ0v) is 12.6. The van der Waals surface area contributed by atoms with Crippen molar-refractivity contribution in [1.82, 2.24) is 4.90 Å². The fourth-order valence-corrected chi connectivity index (χ4v) is 2.58. The van der Waals surface area contributed by atoms with Crippen LogP contribution in [0.1, 0.15) is 26.3 Å². The highest BCUT2D eigenvalue weighted by Crippen LogP contribution is 2.24. The smallest absolute Gasteiger partial charge is 0.0436 e. The molecule has 0 radical (unpaired) electrons. The molecule has 1 fully saturated rings. The molecule has 1 aromatic carbocycles. The van der Waals surface area contributed by atoms with Crippen LogP contribution in [0.15, 0.2) is 18.2 Å². The second kappa shape index (κ2) is 5.10. The molecule has 0 N–H and O–H groups in total. The summed E-state index contributed by atoms with van der Waals surface area (Å²) in [5.41, 5.74) is 2.74. The first kappa shape index (κ1) is 13.7. The largest absolute Gasteiger partial charge is 0.369 e. The maximum atomic E-state index is 6.08. The summed E-state index contributed by atoms with van der Waals surface area (Å²) in [4.78, 5) is 5.00. The van der Waals surface area contributed by atoms with Gasteiger partial charge in [0.25, 0.3) is 0 Å². The number of aryl methyl sites for hydroxylation is 1. The number of rotatable bonds is 1. The van der Waals surface area contributed by atoms with Crippen LogP contribution < -0.4 is 4.90 Å². The molecule has 1 aliphatic rings. The van der Waals surface area contributed by atoms with Gasteiger partial charge in [0, 0.05) is 42.4 Å². The lowest BCUT2D eigenvalue weighted by molar-refractivity contribution is 0.128. The molecule has 0 atom stereocenters. The van der Waals surface area contributed by atoms with Gasteiger partial charge >= 0.3 is 0 Å². The van der Waals surface area contributed by atoms with E-state index in [1.165, 1.54) is 5.69 Å². The molecule has 0 spiro atoms. The molecule has 2 rings (SSSR count). The first-order chi connectivity index (χ1) is 8.38. The minimum absolute atomic E-state index is 0.280. The third-order valence-electron chi connectivity index (χ3n) is 3.74. The number of halogens is 1. The fraction of sp³-hybridized carbons (Fsp3) is 0.600. The molecule has 0 aromatic heterocycles. The van der Waals surface area contributed by atoms with Crippen LogP contribution in [0.25, 0.3) is 0 Å². The third kappa shape index (κ3) is 2.99. The standard InChI is InChI=1S/C15H23ClN2/c1-12-11-13(5-6-14(12)16)17-7-9-18(10-8-17)15(2,3)4/h5-6,11H,7-10H2,1-4H3. The molecule has 0 unspecified atom stereocenters. The molecule has 100 valence electrons. The van der Waals surface area contributed by atoms with Crippen LogP contribution in [-0.4, -0.2) is 36.6 Å². The van der Waals surface area contributed by atoms with E-state index in [9.17, 15) is 0 Å². The van der Waals surface area contributed by atoms with Crippen LogP contribution in [0, 0.1) is 6.92 Å². The highest BCUT2D eigenvalue weighted by molar-refractivity contribution is 6.31. The predicted molar refractivity (Wildman–Crippen MR) is 79.7 cm³/mol. The first-order valence-corrected chi connectivity index (χ1v) is 7.02. The third-order valence-corrected chi connectivity index (χ3v) is 4.16. The van der Waals surface area contributed by atoms with E-state index in [-0.39, 0.29) is 5.54 Å². The molecular weight excluding hydrogens is 244 g/mol. The number of benzene rings is 1. The van der Waals surface area contributed by atoms with Gasteiger partial charge in [0.1, 0.15) is 0 Å². The van der Waals surface area contributed by atoms with Gasteiger partial charge in [0.15, 0.2) is 0 Å². The molecule has 0 bridgehead atoms. The molecule has 2 nitrogen and oxygen atoms in total. The fourth-order valence-electron chi connectivity index (χ4n) is 2.46. The Kier molecular flexibility index (Phi) is 3.88. The summed E-state index contributed by atoms with van der Waals surface area (Å²) in [5.74, 6) is 0. The van der Waals surface area contributed by atoms with E-state index in [0.717, 1.165) is 36.8 Å². The van der Waals surface area contributed by atoms with Crippen molar-refractivity contribution in [3.05, 3.63) is 28.8 Å². The van der Waals surface area contributed by atoms with Gasteiger partial charge in [-0.25, -0.2) is 0 Å². The highest BCUT2D eigenvalue weighted by atomic mass is 35.5. The van der Waals surface area contributed by atoms with Gasteiger partial charge in [0.2, 0.25) is 0 Å². The summed E-state index contributed by atoms with van der Waals surface area (Å²) < 4.78 is 0. The van der Waals surface area contributed by atoms with Crippen molar-refractivity contribution < 1.29 is 0 Å². The van der Waals surface area contributed by atoms with Crippen LogP contribution in [0.2, 0.25) is 5.02 Å².